The van der Waals surface area contributed by atoms with Gasteiger partial charge in [-0.2, -0.15) is 0 Å². The minimum Gasteiger partial charge on any atom is -0.496 e. The Balaban J connectivity index is 1.78. The highest BCUT2D eigenvalue weighted by Gasteiger charge is 2.12. The van der Waals surface area contributed by atoms with Gasteiger partial charge >= 0.3 is 0 Å². The molecule has 3 rings (SSSR count). The molecule has 0 bridgehead atoms. The smallest absolute Gasteiger partial charge is 0.265 e. The van der Waals surface area contributed by atoms with Gasteiger partial charge in [0.2, 0.25) is 0 Å². The third-order valence-electron chi connectivity index (χ3n) is 4.12. The summed E-state index contributed by atoms with van der Waals surface area (Å²) in [6, 6.07) is 13.7. The summed E-state index contributed by atoms with van der Waals surface area (Å²) in [5, 5.41) is 4.93. The average molecular weight is 399 g/mol. The van der Waals surface area contributed by atoms with Crippen LogP contribution in [0.1, 0.15) is 26.4 Å². The minimum absolute atomic E-state index is 0.100. The standard InChI is InChI=1S/C21H22N2O2S2/c1-13-10-19(26-12-13)21(24)22-16-8-9-17(25-4)18(11-16)27-23-20-14(2)6-5-7-15(20)3/h5-12,23H,1-4H3,(H,22,24). The number of hydrogen-bond acceptors (Lipinski definition) is 5. The van der Waals surface area contributed by atoms with E-state index < -0.39 is 0 Å². The molecule has 0 saturated heterocycles. The minimum atomic E-state index is -0.100. The lowest BCUT2D eigenvalue weighted by Gasteiger charge is -2.14. The van der Waals surface area contributed by atoms with Gasteiger partial charge < -0.3 is 14.8 Å². The third-order valence-corrected chi connectivity index (χ3v) is 6.01. The monoisotopic (exact) mass is 398 g/mol. The van der Waals surface area contributed by atoms with Crippen LogP contribution in [0.2, 0.25) is 0 Å². The molecule has 0 fully saturated rings. The topological polar surface area (TPSA) is 50.4 Å². The van der Waals surface area contributed by atoms with Crippen LogP contribution < -0.4 is 14.8 Å². The summed E-state index contributed by atoms with van der Waals surface area (Å²) in [7, 11) is 1.64. The quantitative estimate of drug-likeness (QED) is 0.496. The summed E-state index contributed by atoms with van der Waals surface area (Å²) in [5.41, 5.74) is 5.28. The molecule has 2 N–H and O–H groups in total. The van der Waals surface area contributed by atoms with E-state index in [4.69, 9.17) is 4.74 Å². The molecule has 0 spiro atoms. The number of aryl methyl sites for hydroxylation is 3. The van der Waals surface area contributed by atoms with Gasteiger partial charge in [0.1, 0.15) is 5.75 Å². The highest BCUT2D eigenvalue weighted by Crippen LogP contribution is 2.34. The zero-order chi connectivity index (χ0) is 19.4. The predicted octanol–water partition coefficient (Wildman–Crippen LogP) is 6.05. The van der Waals surface area contributed by atoms with Gasteiger partial charge in [-0.15, -0.1) is 11.3 Å². The van der Waals surface area contributed by atoms with E-state index in [0.717, 1.165) is 27.6 Å². The molecule has 1 amide bonds. The van der Waals surface area contributed by atoms with Crippen molar-refractivity contribution in [2.75, 3.05) is 17.1 Å². The second-order valence-corrected chi connectivity index (χ2v) is 8.04. The van der Waals surface area contributed by atoms with Crippen molar-refractivity contribution in [3.8, 4) is 5.75 Å². The largest absolute Gasteiger partial charge is 0.496 e. The van der Waals surface area contributed by atoms with Gasteiger partial charge in [-0.1, -0.05) is 18.2 Å². The summed E-state index contributed by atoms with van der Waals surface area (Å²) in [6.45, 7) is 6.13. The number of rotatable bonds is 6. The molecule has 3 aromatic rings. The molecular formula is C21H22N2O2S2. The third kappa shape index (κ3) is 4.64. The first-order chi connectivity index (χ1) is 13.0. The van der Waals surface area contributed by atoms with E-state index in [1.54, 1.807) is 7.11 Å². The van der Waals surface area contributed by atoms with E-state index >= 15 is 0 Å². The molecule has 1 heterocycles. The van der Waals surface area contributed by atoms with Crippen LogP contribution in [-0.4, -0.2) is 13.0 Å². The number of ether oxygens (including phenoxy) is 1. The Hall–Kier alpha value is -2.44. The van der Waals surface area contributed by atoms with Crippen LogP contribution in [0.25, 0.3) is 0 Å². The van der Waals surface area contributed by atoms with E-state index in [0.29, 0.717) is 4.88 Å². The number of amides is 1. The van der Waals surface area contributed by atoms with Gasteiger partial charge in [-0.05, 0) is 79.1 Å². The number of carbonyl (C=O) groups excluding carboxylic acids is 1. The summed E-state index contributed by atoms with van der Waals surface area (Å²) < 4.78 is 8.88. The van der Waals surface area contributed by atoms with E-state index in [9.17, 15) is 4.79 Å². The molecule has 0 radical (unpaired) electrons. The van der Waals surface area contributed by atoms with Crippen molar-refractivity contribution < 1.29 is 9.53 Å². The van der Waals surface area contributed by atoms with E-state index in [-0.39, 0.29) is 5.91 Å². The number of nitrogens with one attached hydrogen (secondary N) is 2. The Labute approximate surface area is 168 Å². The Morgan fingerprint density at radius 2 is 1.81 bits per heavy atom. The molecule has 0 aliphatic carbocycles. The van der Waals surface area contributed by atoms with Gasteiger partial charge in [0, 0.05) is 5.69 Å². The fourth-order valence-corrected chi connectivity index (χ4v) is 4.42. The Morgan fingerprint density at radius 3 is 2.44 bits per heavy atom. The van der Waals surface area contributed by atoms with Crippen LogP contribution in [0.3, 0.4) is 0 Å². The first-order valence-corrected chi connectivity index (χ1v) is 10.2. The zero-order valence-corrected chi connectivity index (χ0v) is 17.4. The molecule has 0 atom stereocenters. The van der Waals surface area contributed by atoms with Crippen molar-refractivity contribution in [3.05, 3.63) is 69.4 Å². The van der Waals surface area contributed by atoms with Crippen molar-refractivity contribution in [1.29, 1.82) is 0 Å². The first kappa shape index (κ1) is 19.3. The van der Waals surface area contributed by atoms with Crippen molar-refractivity contribution in [2.24, 2.45) is 0 Å². The summed E-state index contributed by atoms with van der Waals surface area (Å²) in [4.78, 5) is 14.0. The number of methoxy groups -OCH3 is 1. The van der Waals surface area contributed by atoms with Gasteiger partial charge in [-0.25, -0.2) is 0 Å². The number of benzene rings is 2. The lowest BCUT2D eigenvalue weighted by Crippen LogP contribution is -2.10. The SMILES string of the molecule is COc1ccc(NC(=O)c2cc(C)cs2)cc1SNc1c(C)cccc1C. The molecule has 0 saturated carbocycles. The maximum absolute atomic E-state index is 12.4. The summed E-state index contributed by atoms with van der Waals surface area (Å²) in [5.74, 6) is 0.653. The van der Waals surface area contributed by atoms with E-state index in [2.05, 4.69) is 36.0 Å². The summed E-state index contributed by atoms with van der Waals surface area (Å²) in [6.07, 6.45) is 0. The molecule has 0 aliphatic heterocycles. The highest BCUT2D eigenvalue weighted by molar-refractivity contribution is 8.00. The molecule has 140 valence electrons. The molecule has 2 aromatic carbocycles. The maximum Gasteiger partial charge on any atom is 0.265 e. The zero-order valence-electron chi connectivity index (χ0n) is 15.8. The van der Waals surface area contributed by atoms with Crippen LogP contribution in [0.5, 0.6) is 5.75 Å². The van der Waals surface area contributed by atoms with Crippen LogP contribution >= 0.6 is 23.3 Å². The maximum atomic E-state index is 12.4. The molecule has 27 heavy (non-hydrogen) atoms. The lowest BCUT2D eigenvalue weighted by atomic mass is 10.1. The van der Waals surface area contributed by atoms with Crippen molar-refractivity contribution in [3.63, 3.8) is 0 Å². The van der Waals surface area contributed by atoms with Crippen LogP contribution in [0.4, 0.5) is 11.4 Å². The number of hydrogen-bond donors (Lipinski definition) is 2. The van der Waals surface area contributed by atoms with Crippen molar-refractivity contribution in [1.82, 2.24) is 0 Å². The van der Waals surface area contributed by atoms with E-state index in [1.165, 1.54) is 34.4 Å². The molecule has 0 unspecified atom stereocenters. The van der Waals surface area contributed by atoms with Crippen molar-refractivity contribution >= 4 is 40.6 Å². The fraction of sp³-hybridized carbons (Fsp3) is 0.190. The number of anilines is 2. The second-order valence-electron chi connectivity index (χ2n) is 6.28. The second kappa shape index (κ2) is 8.50. The fourth-order valence-electron chi connectivity index (χ4n) is 2.66. The predicted molar refractivity (Wildman–Crippen MR) is 115 cm³/mol. The number of thiophene rings is 1. The number of para-hydroxylation sites is 1. The molecule has 0 aliphatic rings. The molecule has 4 nitrogen and oxygen atoms in total. The van der Waals surface area contributed by atoms with Gasteiger partial charge in [0.05, 0.1) is 22.6 Å². The normalized spacial score (nSPS) is 10.5. The van der Waals surface area contributed by atoms with Crippen molar-refractivity contribution in [2.45, 2.75) is 25.7 Å². The summed E-state index contributed by atoms with van der Waals surface area (Å²) >= 11 is 2.92. The molecule has 1 aromatic heterocycles. The van der Waals surface area contributed by atoms with Gasteiger partial charge in [0.15, 0.2) is 0 Å². The van der Waals surface area contributed by atoms with E-state index in [1.807, 2.05) is 42.6 Å². The van der Waals surface area contributed by atoms with Gasteiger partial charge in [-0.3, -0.25) is 4.79 Å². The average Bonchev–Trinajstić information content (AvgIpc) is 3.08. The van der Waals surface area contributed by atoms with Crippen LogP contribution in [0.15, 0.2) is 52.7 Å². The Kier molecular flexibility index (Phi) is 6.08. The van der Waals surface area contributed by atoms with Gasteiger partial charge in [0.25, 0.3) is 5.91 Å². The lowest BCUT2D eigenvalue weighted by molar-refractivity contribution is 0.103. The van der Waals surface area contributed by atoms with Crippen LogP contribution in [0, 0.1) is 20.8 Å². The van der Waals surface area contributed by atoms with Crippen LogP contribution in [-0.2, 0) is 0 Å². The number of carbonyl (C=O) groups is 1. The highest BCUT2D eigenvalue weighted by atomic mass is 32.2. The Bertz CT molecular complexity index is 946. The molecule has 6 heteroatoms. The first-order valence-electron chi connectivity index (χ1n) is 8.51. The molecular weight excluding hydrogens is 376 g/mol. The Morgan fingerprint density at radius 1 is 1.07 bits per heavy atom.